The predicted octanol–water partition coefficient (Wildman–Crippen LogP) is 0.0657. The first-order valence-electron chi connectivity index (χ1n) is 9.33. The number of benzene rings is 1. The Labute approximate surface area is 170 Å². The number of nitrogens with one attached hydrogen (secondary N) is 1. The minimum atomic E-state index is -1.30. The van der Waals surface area contributed by atoms with Crippen LogP contribution < -0.4 is 14.9 Å². The summed E-state index contributed by atoms with van der Waals surface area (Å²) in [6.07, 6.45) is -1.50. The van der Waals surface area contributed by atoms with Gasteiger partial charge in [-0.05, 0) is 0 Å². The van der Waals surface area contributed by atoms with Crippen molar-refractivity contribution in [2.24, 2.45) is 0 Å². The average molecular weight is 428 g/mol. The van der Waals surface area contributed by atoms with Crippen molar-refractivity contribution in [1.29, 1.82) is 0 Å². The van der Waals surface area contributed by atoms with Crippen LogP contribution in [0.3, 0.4) is 0 Å². The fourth-order valence-corrected chi connectivity index (χ4v) is 3.55. The number of ether oxygens (including phenoxy) is 1. The number of hydrogen-bond acceptors (Lipinski definition) is 6. The summed E-state index contributed by atoms with van der Waals surface area (Å²) in [6, 6.07) is 1.78. The number of amides is 3. The molecule has 1 unspecified atom stereocenters. The summed E-state index contributed by atoms with van der Waals surface area (Å²) in [7, 11) is 0. The Morgan fingerprint density at radius 1 is 1.30 bits per heavy atom. The van der Waals surface area contributed by atoms with Gasteiger partial charge in [-0.1, -0.05) is 0 Å². The number of anilines is 1. The second kappa shape index (κ2) is 8.50. The lowest BCUT2D eigenvalue weighted by Gasteiger charge is -2.47. The molecule has 1 aromatic carbocycles. The van der Waals surface area contributed by atoms with Gasteiger partial charge in [-0.15, -0.1) is 0 Å². The molecule has 2 saturated heterocycles. The van der Waals surface area contributed by atoms with E-state index in [1.54, 1.807) is 0 Å². The Balaban J connectivity index is 1.77. The van der Waals surface area contributed by atoms with E-state index in [2.05, 4.69) is 5.32 Å². The molecule has 3 rings (SSSR count). The minimum absolute atomic E-state index is 0.0209. The van der Waals surface area contributed by atoms with E-state index in [0.29, 0.717) is 0 Å². The molecule has 0 spiro atoms. The fraction of sp³-hybridized carbons (Fsp3) is 0.500. The molecule has 12 heteroatoms. The molecule has 0 aliphatic carbocycles. The largest absolute Gasteiger partial charge is 0.627 e. The third-order valence-corrected chi connectivity index (χ3v) is 5.12. The van der Waals surface area contributed by atoms with Crippen LogP contribution in [0, 0.1) is 16.8 Å². The van der Waals surface area contributed by atoms with Gasteiger partial charge < -0.3 is 29.9 Å². The molecule has 1 aromatic rings. The molecule has 10 nitrogen and oxygen atoms in total. The Bertz CT molecular complexity index is 836. The third kappa shape index (κ3) is 4.35. The highest BCUT2D eigenvalue weighted by Gasteiger charge is 2.37. The van der Waals surface area contributed by atoms with Crippen molar-refractivity contribution >= 4 is 29.3 Å². The molecule has 2 N–H and O–H groups in total. The quantitative estimate of drug-likeness (QED) is 0.506. The van der Waals surface area contributed by atoms with E-state index in [1.165, 1.54) is 11.8 Å². The molecule has 2 fully saturated rings. The van der Waals surface area contributed by atoms with Crippen LogP contribution in [0.5, 0.6) is 0 Å². The van der Waals surface area contributed by atoms with E-state index >= 15 is 0 Å². The molecular weight excluding hydrogens is 406 g/mol. The molecule has 0 radical (unpaired) electrons. The number of rotatable bonds is 5. The first kappa shape index (κ1) is 21.9. The maximum absolute atomic E-state index is 14.8. The van der Waals surface area contributed by atoms with Crippen molar-refractivity contribution in [2.45, 2.75) is 13.0 Å². The SMILES string of the molecule is CC(=O)NCC1CN(c2cc(F)c([N+]3([O-])CCN(C(=O)CO)CC3)c(F)c2)C(=O)O1. The maximum Gasteiger partial charge on any atom is 0.414 e. The van der Waals surface area contributed by atoms with Gasteiger partial charge >= 0.3 is 6.09 Å². The van der Waals surface area contributed by atoms with Crippen molar-refractivity contribution in [3.63, 3.8) is 0 Å². The number of nitrogens with zero attached hydrogens (tertiary/aromatic N) is 3. The average Bonchev–Trinajstić information content (AvgIpc) is 3.06. The predicted molar refractivity (Wildman–Crippen MR) is 101 cm³/mol. The highest BCUT2D eigenvalue weighted by molar-refractivity contribution is 5.90. The zero-order valence-electron chi connectivity index (χ0n) is 16.3. The number of hydrogen-bond donors (Lipinski definition) is 2. The van der Waals surface area contributed by atoms with Gasteiger partial charge in [0, 0.05) is 19.1 Å². The molecule has 30 heavy (non-hydrogen) atoms. The molecule has 1 atom stereocenters. The van der Waals surface area contributed by atoms with Crippen LogP contribution >= 0.6 is 0 Å². The zero-order valence-corrected chi connectivity index (χ0v) is 16.3. The molecule has 0 aromatic heterocycles. The van der Waals surface area contributed by atoms with Crippen LogP contribution in [0.2, 0.25) is 0 Å². The number of piperazine rings is 1. The van der Waals surface area contributed by atoms with E-state index in [9.17, 15) is 28.4 Å². The summed E-state index contributed by atoms with van der Waals surface area (Å²) < 4.78 is 33.3. The van der Waals surface area contributed by atoms with Gasteiger partial charge in [0.1, 0.15) is 25.8 Å². The highest BCUT2D eigenvalue weighted by Crippen LogP contribution is 2.35. The van der Waals surface area contributed by atoms with E-state index in [1.807, 2.05) is 0 Å². The monoisotopic (exact) mass is 428 g/mol. The number of hydroxylamine groups is 2. The Morgan fingerprint density at radius 2 is 1.90 bits per heavy atom. The Morgan fingerprint density at radius 3 is 2.43 bits per heavy atom. The lowest BCUT2D eigenvalue weighted by atomic mass is 10.1. The maximum atomic E-state index is 14.8. The van der Waals surface area contributed by atoms with Crippen LogP contribution in [0.4, 0.5) is 25.0 Å². The second-order valence-electron chi connectivity index (χ2n) is 7.19. The number of carbonyl (C=O) groups is 3. The highest BCUT2D eigenvalue weighted by atomic mass is 19.1. The van der Waals surface area contributed by atoms with Crippen molar-refractivity contribution in [3.8, 4) is 0 Å². The summed E-state index contributed by atoms with van der Waals surface area (Å²) in [4.78, 5) is 36.8. The molecule has 3 amide bonds. The number of aliphatic hydroxyl groups excluding tert-OH is 1. The van der Waals surface area contributed by atoms with Crippen LogP contribution in [-0.2, 0) is 14.3 Å². The number of quaternary nitrogens is 1. The van der Waals surface area contributed by atoms with E-state index < -0.39 is 46.7 Å². The van der Waals surface area contributed by atoms with Gasteiger partial charge in [0.25, 0.3) is 0 Å². The fourth-order valence-electron chi connectivity index (χ4n) is 3.55. The van der Waals surface area contributed by atoms with E-state index in [-0.39, 0.29) is 50.9 Å². The lowest BCUT2D eigenvalue weighted by Crippen LogP contribution is -2.59. The standard InChI is InChI=1S/C18H22F2N4O6/c1-11(26)21-8-13-9-23(18(28)30-13)12-6-14(19)17(15(20)7-12)24(29)4-2-22(3-5-24)16(27)10-25/h6-7,13,25H,2-5,8-10H2,1H3,(H,21,26). The van der Waals surface area contributed by atoms with Gasteiger partial charge in [0.05, 0.1) is 31.9 Å². The third-order valence-electron chi connectivity index (χ3n) is 5.12. The van der Waals surface area contributed by atoms with E-state index in [4.69, 9.17) is 9.84 Å². The molecular formula is C18H22F2N4O6. The first-order chi connectivity index (χ1) is 14.1. The molecule has 0 bridgehead atoms. The number of cyclic esters (lactones) is 1. The normalized spacial score (nSPS) is 20.8. The van der Waals surface area contributed by atoms with Crippen molar-refractivity contribution < 1.29 is 33.0 Å². The van der Waals surface area contributed by atoms with Gasteiger partial charge in [0.2, 0.25) is 17.5 Å². The summed E-state index contributed by atoms with van der Waals surface area (Å²) in [5.41, 5.74) is -0.804. The number of carbonyl (C=O) groups excluding carboxylic acids is 3. The minimum Gasteiger partial charge on any atom is -0.627 e. The Kier molecular flexibility index (Phi) is 6.19. The lowest BCUT2D eigenvalue weighted by molar-refractivity contribution is -0.135. The zero-order chi connectivity index (χ0) is 22.1. The molecule has 2 heterocycles. The molecule has 2 aliphatic rings. The van der Waals surface area contributed by atoms with Crippen molar-refractivity contribution in [2.75, 3.05) is 50.8 Å². The van der Waals surface area contributed by atoms with Crippen molar-refractivity contribution in [3.05, 3.63) is 29.0 Å². The molecule has 164 valence electrons. The van der Waals surface area contributed by atoms with Gasteiger partial charge in [0.15, 0.2) is 11.6 Å². The van der Waals surface area contributed by atoms with E-state index in [0.717, 1.165) is 17.0 Å². The van der Waals surface area contributed by atoms with Gasteiger partial charge in [-0.3, -0.25) is 14.5 Å². The molecule has 2 aliphatic heterocycles. The topological polar surface area (TPSA) is 122 Å². The summed E-state index contributed by atoms with van der Waals surface area (Å²) in [5.74, 6) is -3.09. The van der Waals surface area contributed by atoms with Crippen molar-refractivity contribution in [1.82, 2.24) is 14.9 Å². The van der Waals surface area contributed by atoms with Gasteiger partial charge in [-0.2, -0.15) is 0 Å². The van der Waals surface area contributed by atoms with Gasteiger partial charge in [-0.25, -0.2) is 13.6 Å². The van der Waals surface area contributed by atoms with Crippen LogP contribution in [0.1, 0.15) is 6.92 Å². The van der Waals surface area contributed by atoms with Crippen LogP contribution in [0.25, 0.3) is 0 Å². The summed E-state index contributed by atoms with van der Waals surface area (Å²) >= 11 is 0. The number of aliphatic hydroxyl groups is 1. The molecule has 0 saturated carbocycles. The van der Waals surface area contributed by atoms with Crippen LogP contribution in [0.15, 0.2) is 12.1 Å². The summed E-state index contributed by atoms with van der Waals surface area (Å²) in [5, 5.41) is 24.4. The second-order valence-corrected chi connectivity index (χ2v) is 7.19. The van der Waals surface area contributed by atoms with Crippen LogP contribution in [-0.4, -0.2) is 79.9 Å². The summed E-state index contributed by atoms with van der Waals surface area (Å²) in [6.45, 7) is -0.00585. The number of halogens is 2. The smallest absolute Gasteiger partial charge is 0.414 e. The first-order valence-corrected chi connectivity index (χ1v) is 9.33. The Hall–Kier alpha value is -2.83.